The molecule has 2 aromatic rings. The van der Waals surface area contributed by atoms with Gasteiger partial charge in [-0.2, -0.15) is 0 Å². The summed E-state index contributed by atoms with van der Waals surface area (Å²) in [5, 5.41) is 5.35. The fourth-order valence-corrected chi connectivity index (χ4v) is 1.62. The van der Waals surface area contributed by atoms with Gasteiger partial charge in [-0.15, -0.1) is 0 Å². The van der Waals surface area contributed by atoms with Gasteiger partial charge in [0.15, 0.2) is 0 Å². The van der Waals surface area contributed by atoms with Gasteiger partial charge in [-0.25, -0.2) is 0 Å². The molecule has 1 aromatic carbocycles. The third-order valence-electron chi connectivity index (χ3n) is 2.39. The number of anilines is 3. The number of amides is 2. The number of nitrogen functional groups attached to an aromatic ring is 1. The number of benzene rings is 1. The van der Waals surface area contributed by atoms with Crippen LogP contribution in [-0.2, 0) is 4.79 Å². The smallest absolute Gasteiger partial charge is 0.272 e. The van der Waals surface area contributed by atoms with E-state index in [2.05, 4.69) is 15.6 Å². The Morgan fingerprint density at radius 2 is 1.84 bits per heavy atom. The van der Waals surface area contributed by atoms with Crippen LogP contribution in [0, 0.1) is 0 Å². The lowest BCUT2D eigenvalue weighted by Gasteiger charge is -2.06. The molecule has 98 valence electrons. The minimum Gasteiger partial charge on any atom is -0.397 e. The number of hydrogen-bond acceptors (Lipinski definition) is 3. The molecule has 0 atom stereocenters. The third kappa shape index (κ3) is 3.35. The number of carbonyl (C=O) groups excluding carboxylic acids is 2. The SMILES string of the molecule is CC(=O)Nc1cccc(NC(=O)c2cc(N)c[nH]2)c1. The van der Waals surface area contributed by atoms with E-state index in [1.54, 1.807) is 36.5 Å². The van der Waals surface area contributed by atoms with E-state index < -0.39 is 0 Å². The number of hydrogen-bond donors (Lipinski definition) is 4. The highest BCUT2D eigenvalue weighted by Crippen LogP contribution is 2.16. The maximum absolute atomic E-state index is 11.9. The number of nitrogens with one attached hydrogen (secondary N) is 3. The molecule has 5 N–H and O–H groups in total. The van der Waals surface area contributed by atoms with Crippen LogP contribution in [0.25, 0.3) is 0 Å². The summed E-state index contributed by atoms with van der Waals surface area (Å²) >= 11 is 0. The van der Waals surface area contributed by atoms with Crippen molar-refractivity contribution < 1.29 is 9.59 Å². The summed E-state index contributed by atoms with van der Waals surface area (Å²) in [5.74, 6) is -0.461. The molecule has 0 fully saturated rings. The van der Waals surface area contributed by atoms with Crippen LogP contribution < -0.4 is 16.4 Å². The lowest BCUT2D eigenvalue weighted by molar-refractivity contribution is -0.114. The van der Waals surface area contributed by atoms with Crippen molar-refractivity contribution in [1.82, 2.24) is 4.98 Å². The van der Waals surface area contributed by atoms with E-state index in [9.17, 15) is 9.59 Å². The molecular formula is C13H14N4O2. The Hall–Kier alpha value is -2.76. The number of aromatic nitrogens is 1. The molecule has 6 heteroatoms. The molecule has 0 unspecified atom stereocenters. The van der Waals surface area contributed by atoms with Gasteiger partial charge in [-0.3, -0.25) is 9.59 Å². The fraction of sp³-hybridized carbons (Fsp3) is 0.0769. The normalized spacial score (nSPS) is 9.95. The van der Waals surface area contributed by atoms with Crippen molar-refractivity contribution in [2.75, 3.05) is 16.4 Å². The summed E-state index contributed by atoms with van der Waals surface area (Å²) in [5.41, 5.74) is 7.61. The predicted octanol–water partition coefficient (Wildman–Crippen LogP) is 1.81. The zero-order valence-corrected chi connectivity index (χ0v) is 10.4. The minimum atomic E-state index is -0.295. The first-order chi connectivity index (χ1) is 9.04. The highest BCUT2D eigenvalue weighted by Gasteiger charge is 2.08. The summed E-state index contributed by atoms with van der Waals surface area (Å²) in [4.78, 5) is 25.6. The quantitative estimate of drug-likeness (QED) is 0.675. The molecule has 6 nitrogen and oxygen atoms in total. The summed E-state index contributed by atoms with van der Waals surface area (Å²) in [6, 6.07) is 8.43. The minimum absolute atomic E-state index is 0.166. The van der Waals surface area contributed by atoms with Gasteiger partial charge < -0.3 is 21.4 Å². The molecule has 0 aliphatic carbocycles. The molecule has 1 aromatic heterocycles. The number of aromatic amines is 1. The Morgan fingerprint density at radius 3 is 2.42 bits per heavy atom. The summed E-state index contributed by atoms with van der Waals surface area (Å²) in [6.07, 6.45) is 1.54. The summed E-state index contributed by atoms with van der Waals surface area (Å²) < 4.78 is 0. The first kappa shape index (κ1) is 12.7. The Labute approximate surface area is 110 Å². The van der Waals surface area contributed by atoms with Crippen molar-refractivity contribution in [1.29, 1.82) is 0 Å². The van der Waals surface area contributed by atoms with Crippen molar-refractivity contribution in [2.24, 2.45) is 0 Å². The number of nitrogens with two attached hydrogens (primary N) is 1. The van der Waals surface area contributed by atoms with Gasteiger partial charge in [-0.1, -0.05) is 6.07 Å². The molecule has 2 rings (SSSR count). The molecule has 0 spiro atoms. The van der Waals surface area contributed by atoms with Crippen molar-refractivity contribution in [3.05, 3.63) is 42.2 Å². The van der Waals surface area contributed by atoms with Crippen LogP contribution in [0.15, 0.2) is 36.5 Å². The Balaban J connectivity index is 2.10. The second kappa shape index (κ2) is 5.26. The molecule has 1 heterocycles. The van der Waals surface area contributed by atoms with E-state index in [0.29, 0.717) is 22.8 Å². The zero-order chi connectivity index (χ0) is 13.8. The molecule has 19 heavy (non-hydrogen) atoms. The van der Waals surface area contributed by atoms with E-state index in [-0.39, 0.29) is 11.8 Å². The van der Waals surface area contributed by atoms with Gasteiger partial charge in [-0.05, 0) is 24.3 Å². The summed E-state index contributed by atoms with van der Waals surface area (Å²) in [6.45, 7) is 1.42. The molecule has 0 bridgehead atoms. The lowest BCUT2D eigenvalue weighted by atomic mass is 10.2. The Kier molecular flexibility index (Phi) is 3.51. The molecule has 0 aliphatic rings. The monoisotopic (exact) mass is 258 g/mol. The van der Waals surface area contributed by atoms with Crippen LogP contribution in [-0.4, -0.2) is 16.8 Å². The number of carbonyl (C=O) groups is 2. The van der Waals surface area contributed by atoms with Crippen LogP contribution in [0.2, 0.25) is 0 Å². The molecule has 0 aliphatic heterocycles. The van der Waals surface area contributed by atoms with E-state index in [0.717, 1.165) is 0 Å². The second-order valence-corrected chi connectivity index (χ2v) is 4.06. The maximum atomic E-state index is 11.9. The molecular weight excluding hydrogens is 244 g/mol. The van der Waals surface area contributed by atoms with Crippen LogP contribution in [0.4, 0.5) is 17.1 Å². The Morgan fingerprint density at radius 1 is 1.16 bits per heavy atom. The van der Waals surface area contributed by atoms with Gasteiger partial charge >= 0.3 is 0 Å². The molecule has 2 amide bonds. The van der Waals surface area contributed by atoms with E-state index in [4.69, 9.17) is 5.73 Å². The fourth-order valence-electron chi connectivity index (χ4n) is 1.62. The second-order valence-electron chi connectivity index (χ2n) is 4.06. The predicted molar refractivity (Wildman–Crippen MR) is 73.9 cm³/mol. The van der Waals surface area contributed by atoms with Gasteiger partial charge in [0, 0.05) is 30.2 Å². The molecule has 0 radical (unpaired) electrons. The summed E-state index contributed by atoms with van der Waals surface area (Å²) in [7, 11) is 0. The van der Waals surface area contributed by atoms with Crippen molar-refractivity contribution in [3.8, 4) is 0 Å². The molecule has 0 saturated carbocycles. The van der Waals surface area contributed by atoms with Gasteiger partial charge in [0.25, 0.3) is 5.91 Å². The van der Waals surface area contributed by atoms with Crippen LogP contribution in [0.3, 0.4) is 0 Å². The van der Waals surface area contributed by atoms with E-state index >= 15 is 0 Å². The number of rotatable bonds is 3. The van der Waals surface area contributed by atoms with E-state index in [1.807, 2.05) is 0 Å². The van der Waals surface area contributed by atoms with Crippen LogP contribution >= 0.6 is 0 Å². The van der Waals surface area contributed by atoms with Crippen molar-refractivity contribution >= 4 is 28.9 Å². The average Bonchev–Trinajstić information content (AvgIpc) is 2.75. The topological polar surface area (TPSA) is 100 Å². The zero-order valence-electron chi connectivity index (χ0n) is 10.4. The van der Waals surface area contributed by atoms with Crippen molar-refractivity contribution in [3.63, 3.8) is 0 Å². The standard InChI is InChI=1S/C13H14N4O2/c1-8(18)16-10-3-2-4-11(6-10)17-13(19)12-5-9(14)7-15-12/h2-7,15H,14H2,1H3,(H,16,18)(H,17,19). The van der Waals surface area contributed by atoms with Gasteiger partial charge in [0.2, 0.25) is 5.91 Å². The highest BCUT2D eigenvalue weighted by atomic mass is 16.2. The average molecular weight is 258 g/mol. The maximum Gasteiger partial charge on any atom is 0.272 e. The first-order valence-corrected chi connectivity index (χ1v) is 5.67. The first-order valence-electron chi connectivity index (χ1n) is 5.67. The molecule has 0 saturated heterocycles. The Bertz CT molecular complexity index is 619. The number of H-pyrrole nitrogens is 1. The van der Waals surface area contributed by atoms with Crippen LogP contribution in [0.1, 0.15) is 17.4 Å². The highest BCUT2D eigenvalue weighted by molar-refractivity contribution is 6.04. The lowest BCUT2D eigenvalue weighted by Crippen LogP contribution is -2.12. The van der Waals surface area contributed by atoms with Crippen LogP contribution in [0.5, 0.6) is 0 Å². The van der Waals surface area contributed by atoms with Crippen molar-refractivity contribution in [2.45, 2.75) is 6.92 Å². The largest absolute Gasteiger partial charge is 0.397 e. The van der Waals surface area contributed by atoms with Gasteiger partial charge in [0.1, 0.15) is 5.69 Å². The van der Waals surface area contributed by atoms with Gasteiger partial charge in [0.05, 0.1) is 0 Å². The van der Waals surface area contributed by atoms with E-state index in [1.165, 1.54) is 6.92 Å². The third-order valence-corrected chi connectivity index (χ3v) is 2.39.